The van der Waals surface area contributed by atoms with Gasteiger partial charge in [-0.1, -0.05) is 13.8 Å². The Kier molecular flexibility index (Phi) is 8.59. The van der Waals surface area contributed by atoms with Gasteiger partial charge in [-0.2, -0.15) is 5.10 Å². The molecule has 1 heterocycles. The normalized spacial score (nSPS) is 20.7. The second-order valence-corrected chi connectivity index (χ2v) is 8.17. The number of nitrogens with zero attached hydrogens (tertiary/aromatic N) is 2. The first-order valence-electron chi connectivity index (χ1n) is 10.1. The number of nitrogens with one attached hydrogen (secondary N) is 3. The van der Waals surface area contributed by atoms with E-state index in [2.05, 4.69) is 46.6 Å². The highest BCUT2D eigenvalue weighted by molar-refractivity contribution is 5.78. The van der Waals surface area contributed by atoms with Gasteiger partial charge in [0, 0.05) is 32.1 Å². The number of aromatic nitrogens is 2. The predicted octanol–water partition coefficient (Wildman–Crippen LogP) is 2.50. The fourth-order valence-corrected chi connectivity index (χ4v) is 3.75. The monoisotopic (exact) mass is 363 g/mol. The molecule has 6 heteroatoms. The van der Waals surface area contributed by atoms with Crippen molar-refractivity contribution in [2.24, 2.45) is 11.8 Å². The summed E-state index contributed by atoms with van der Waals surface area (Å²) in [6, 6.07) is 0. The van der Waals surface area contributed by atoms with Gasteiger partial charge in [0.2, 0.25) is 5.91 Å². The minimum absolute atomic E-state index is 0.187. The van der Waals surface area contributed by atoms with Crippen molar-refractivity contribution >= 4 is 5.91 Å². The van der Waals surface area contributed by atoms with Crippen molar-refractivity contribution in [3.63, 3.8) is 0 Å². The molecule has 1 saturated carbocycles. The zero-order valence-corrected chi connectivity index (χ0v) is 17.0. The van der Waals surface area contributed by atoms with Gasteiger partial charge in [0.25, 0.3) is 0 Å². The second-order valence-electron chi connectivity index (χ2n) is 8.17. The average Bonchev–Trinajstić information content (AvgIpc) is 3.07. The number of amides is 1. The van der Waals surface area contributed by atoms with Crippen molar-refractivity contribution in [2.45, 2.75) is 58.4 Å². The summed E-state index contributed by atoms with van der Waals surface area (Å²) in [7, 11) is 4.12. The zero-order chi connectivity index (χ0) is 18.9. The molecule has 0 aliphatic heterocycles. The van der Waals surface area contributed by atoms with Crippen LogP contribution in [0.1, 0.15) is 63.1 Å². The van der Waals surface area contributed by atoms with E-state index in [1.807, 2.05) is 13.2 Å². The Morgan fingerprint density at radius 2 is 2.04 bits per heavy atom. The van der Waals surface area contributed by atoms with Gasteiger partial charge in [0.1, 0.15) is 0 Å². The van der Waals surface area contributed by atoms with Crippen molar-refractivity contribution < 1.29 is 4.79 Å². The first kappa shape index (κ1) is 20.9. The molecule has 2 rings (SSSR count). The summed E-state index contributed by atoms with van der Waals surface area (Å²) in [4.78, 5) is 14.7. The lowest BCUT2D eigenvalue weighted by Gasteiger charge is -2.28. The molecule has 1 aromatic rings. The average molecular weight is 364 g/mol. The van der Waals surface area contributed by atoms with Gasteiger partial charge in [-0.25, -0.2) is 0 Å². The third-order valence-electron chi connectivity index (χ3n) is 5.48. The van der Waals surface area contributed by atoms with Crippen LogP contribution in [-0.4, -0.2) is 54.7 Å². The van der Waals surface area contributed by atoms with Gasteiger partial charge in [-0.05, 0) is 63.6 Å². The molecular formula is C20H37N5O. The number of carbonyl (C=O) groups excluding carboxylic acids is 1. The van der Waals surface area contributed by atoms with Gasteiger partial charge in [0.05, 0.1) is 11.9 Å². The summed E-state index contributed by atoms with van der Waals surface area (Å²) >= 11 is 0. The quantitative estimate of drug-likeness (QED) is 0.597. The topological polar surface area (TPSA) is 73.0 Å². The molecule has 1 aliphatic carbocycles. The third-order valence-corrected chi connectivity index (χ3v) is 5.48. The number of likely N-dealkylation sites (N-methyl/N-ethyl adjacent to an activating group) is 2. The van der Waals surface area contributed by atoms with Crippen LogP contribution in [0.2, 0.25) is 0 Å². The molecule has 6 nitrogen and oxygen atoms in total. The summed E-state index contributed by atoms with van der Waals surface area (Å²) < 4.78 is 0. The Hall–Kier alpha value is -1.40. The van der Waals surface area contributed by atoms with Gasteiger partial charge < -0.3 is 10.6 Å². The van der Waals surface area contributed by atoms with Crippen molar-refractivity contribution in [1.29, 1.82) is 0 Å². The third kappa shape index (κ3) is 6.40. The number of H-pyrrole nitrogens is 1. The number of hydrogen-bond acceptors (Lipinski definition) is 4. The molecule has 0 aromatic carbocycles. The fraction of sp³-hybridized carbons (Fsp3) is 0.800. The molecule has 1 aliphatic rings. The molecule has 0 saturated heterocycles. The van der Waals surface area contributed by atoms with Crippen LogP contribution in [0.3, 0.4) is 0 Å². The molecule has 1 amide bonds. The molecule has 0 bridgehead atoms. The van der Waals surface area contributed by atoms with Crippen LogP contribution in [-0.2, 0) is 11.3 Å². The van der Waals surface area contributed by atoms with Gasteiger partial charge in [-0.15, -0.1) is 0 Å². The highest BCUT2D eigenvalue weighted by Crippen LogP contribution is 2.37. The minimum Gasteiger partial charge on any atom is -0.356 e. The minimum atomic E-state index is 0.187. The van der Waals surface area contributed by atoms with Gasteiger partial charge in [-0.3, -0.25) is 14.8 Å². The van der Waals surface area contributed by atoms with E-state index < -0.39 is 0 Å². The van der Waals surface area contributed by atoms with E-state index in [4.69, 9.17) is 0 Å². The molecule has 3 N–H and O–H groups in total. The van der Waals surface area contributed by atoms with E-state index in [-0.39, 0.29) is 11.8 Å². The molecule has 1 aromatic heterocycles. The standard InChI is InChI=1S/C20H37N5O/c1-15(2)9-10-22-20(26)17-7-5-16(6-8-17)18-13-23-24-19(18)14-25(4)12-11-21-3/h13,15-17,21H,5-12,14H2,1-4H3,(H,22,26)(H,23,24). The highest BCUT2D eigenvalue weighted by atomic mass is 16.1. The number of hydrogen-bond donors (Lipinski definition) is 3. The fourth-order valence-electron chi connectivity index (χ4n) is 3.75. The maximum Gasteiger partial charge on any atom is 0.223 e. The van der Waals surface area contributed by atoms with E-state index >= 15 is 0 Å². The predicted molar refractivity (Wildman–Crippen MR) is 106 cm³/mol. The largest absolute Gasteiger partial charge is 0.356 e. The summed E-state index contributed by atoms with van der Waals surface area (Å²) in [5, 5.41) is 13.8. The maximum atomic E-state index is 12.3. The molecule has 1 fully saturated rings. The van der Waals surface area contributed by atoms with Crippen LogP contribution in [0.4, 0.5) is 0 Å². The van der Waals surface area contributed by atoms with Crippen LogP contribution < -0.4 is 10.6 Å². The Balaban J connectivity index is 1.81. The van der Waals surface area contributed by atoms with Crippen LogP contribution in [0, 0.1) is 11.8 Å². The van der Waals surface area contributed by atoms with E-state index in [0.717, 1.165) is 58.3 Å². The first-order valence-corrected chi connectivity index (χ1v) is 10.1. The van der Waals surface area contributed by atoms with Gasteiger partial charge in [0.15, 0.2) is 0 Å². The summed E-state index contributed by atoms with van der Waals surface area (Å²) in [5.41, 5.74) is 2.58. The molecule has 0 spiro atoms. The van der Waals surface area contributed by atoms with Gasteiger partial charge >= 0.3 is 0 Å². The lowest BCUT2D eigenvalue weighted by Crippen LogP contribution is -2.34. The smallest absolute Gasteiger partial charge is 0.223 e. The Morgan fingerprint density at radius 3 is 2.69 bits per heavy atom. The van der Waals surface area contributed by atoms with Crippen LogP contribution >= 0.6 is 0 Å². The highest BCUT2D eigenvalue weighted by Gasteiger charge is 2.28. The Morgan fingerprint density at radius 1 is 1.31 bits per heavy atom. The van der Waals surface area contributed by atoms with Crippen molar-refractivity contribution in [3.8, 4) is 0 Å². The molecule has 0 atom stereocenters. The van der Waals surface area contributed by atoms with E-state index in [0.29, 0.717) is 11.8 Å². The summed E-state index contributed by atoms with van der Waals surface area (Å²) in [5.74, 6) is 1.60. The Labute approximate surface area is 158 Å². The van der Waals surface area contributed by atoms with E-state index in [1.165, 1.54) is 11.3 Å². The van der Waals surface area contributed by atoms with Crippen molar-refractivity contribution in [2.75, 3.05) is 33.7 Å². The molecular weight excluding hydrogens is 326 g/mol. The molecule has 26 heavy (non-hydrogen) atoms. The molecule has 148 valence electrons. The second kappa shape index (κ2) is 10.7. The number of rotatable bonds is 10. The Bertz CT molecular complexity index is 534. The van der Waals surface area contributed by atoms with Crippen molar-refractivity contribution in [1.82, 2.24) is 25.7 Å². The summed E-state index contributed by atoms with van der Waals surface area (Å²) in [6.07, 6.45) is 7.18. The number of carbonyl (C=O) groups is 1. The van der Waals surface area contributed by atoms with Crippen LogP contribution in [0.15, 0.2) is 6.20 Å². The zero-order valence-electron chi connectivity index (χ0n) is 17.0. The first-order chi connectivity index (χ1) is 12.5. The van der Waals surface area contributed by atoms with Crippen LogP contribution in [0.5, 0.6) is 0 Å². The van der Waals surface area contributed by atoms with E-state index in [1.54, 1.807) is 0 Å². The van der Waals surface area contributed by atoms with Crippen molar-refractivity contribution in [3.05, 3.63) is 17.5 Å². The maximum absolute atomic E-state index is 12.3. The summed E-state index contributed by atoms with van der Waals surface area (Å²) in [6.45, 7) is 8.08. The molecule has 0 radical (unpaired) electrons. The van der Waals surface area contributed by atoms with Crippen LogP contribution in [0.25, 0.3) is 0 Å². The SMILES string of the molecule is CNCCN(C)Cc1[nH]ncc1C1CCC(C(=O)NCCC(C)C)CC1. The lowest BCUT2D eigenvalue weighted by atomic mass is 9.78. The lowest BCUT2D eigenvalue weighted by molar-refractivity contribution is -0.126. The molecule has 0 unspecified atom stereocenters. The van der Waals surface area contributed by atoms with E-state index in [9.17, 15) is 4.79 Å². The number of aromatic amines is 1.